The number of hydrogen-bond donors (Lipinski definition) is 1. The van der Waals surface area contributed by atoms with Crippen molar-refractivity contribution in [2.75, 3.05) is 0 Å². The summed E-state index contributed by atoms with van der Waals surface area (Å²) in [7, 11) is 0. The zero-order valence-electron chi connectivity index (χ0n) is 10.9. The number of carboxylic acids is 1. The maximum absolute atomic E-state index is 13.6. The van der Waals surface area contributed by atoms with E-state index in [0.717, 1.165) is 10.7 Å². The lowest BCUT2D eigenvalue weighted by molar-refractivity contribution is -0.137. The molecule has 8 heteroatoms. The van der Waals surface area contributed by atoms with Crippen molar-refractivity contribution < 1.29 is 23.1 Å². The second kappa shape index (κ2) is 6.38. The van der Waals surface area contributed by atoms with Crippen LogP contribution in [0.1, 0.15) is 25.0 Å². The first-order valence-corrected chi connectivity index (χ1v) is 6.25. The van der Waals surface area contributed by atoms with E-state index in [1.165, 1.54) is 6.20 Å². The van der Waals surface area contributed by atoms with Crippen LogP contribution in [0.3, 0.4) is 0 Å². The topological polar surface area (TPSA) is 68.0 Å². The first-order valence-electron chi connectivity index (χ1n) is 6.25. The molecule has 0 saturated carbocycles. The molecule has 0 fully saturated rings. The Morgan fingerprint density at radius 3 is 2.71 bits per heavy atom. The minimum absolute atomic E-state index is 0.0534. The summed E-state index contributed by atoms with van der Waals surface area (Å²) in [6.07, 6.45) is 2.92. The molecule has 1 N–H and O–H groups in total. The lowest BCUT2D eigenvalue weighted by Crippen LogP contribution is -2.02. The summed E-state index contributed by atoms with van der Waals surface area (Å²) in [5, 5.41) is 15.9. The predicted octanol–water partition coefficient (Wildman–Crippen LogP) is 2.48. The summed E-state index contributed by atoms with van der Waals surface area (Å²) >= 11 is 0. The lowest BCUT2D eigenvalue weighted by atomic mass is 10.1. The second-order valence-electron chi connectivity index (χ2n) is 4.48. The summed E-state index contributed by atoms with van der Waals surface area (Å²) in [6, 6.07) is 1.27. The van der Waals surface area contributed by atoms with Crippen LogP contribution in [0.5, 0.6) is 0 Å². The Morgan fingerprint density at radius 2 is 2.00 bits per heavy atom. The van der Waals surface area contributed by atoms with Gasteiger partial charge in [-0.1, -0.05) is 5.21 Å². The molecule has 0 radical (unpaired) electrons. The summed E-state index contributed by atoms with van der Waals surface area (Å²) in [4.78, 5) is 10.4. The number of aryl methyl sites for hydroxylation is 1. The van der Waals surface area contributed by atoms with E-state index in [-0.39, 0.29) is 12.1 Å². The van der Waals surface area contributed by atoms with Crippen LogP contribution in [0.4, 0.5) is 13.2 Å². The molecule has 2 rings (SSSR count). The Bertz CT molecular complexity index is 658. The molecule has 1 aromatic carbocycles. The molecule has 0 bridgehead atoms. The number of nitrogens with zero attached hydrogens (tertiary/aromatic N) is 3. The normalized spacial score (nSPS) is 10.8. The molecule has 0 amide bonds. The van der Waals surface area contributed by atoms with Crippen molar-refractivity contribution in [3.05, 3.63) is 41.5 Å². The molecule has 1 heterocycles. The van der Waals surface area contributed by atoms with Gasteiger partial charge in [0.15, 0.2) is 11.6 Å². The third kappa shape index (κ3) is 3.80. The van der Waals surface area contributed by atoms with Crippen molar-refractivity contribution in [3.8, 4) is 5.69 Å². The van der Waals surface area contributed by atoms with Gasteiger partial charge < -0.3 is 5.11 Å². The smallest absolute Gasteiger partial charge is 0.303 e. The van der Waals surface area contributed by atoms with Gasteiger partial charge in [0, 0.05) is 18.6 Å². The molecule has 5 nitrogen and oxygen atoms in total. The van der Waals surface area contributed by atoms with Crippen LogP contribution in [0.15, 0.2) is 18.3 Å². The van der Waals surface area contributed by atoms with Crippen molar-refractivity contribution in [2.45, 2.75) is 25.7 Å². The quantitative estimate of drug-likeness (QED) is 0.657. The van der Waals surface area contributed by atoms with Gasteiger partial charge in [0.2, 0.25) is 0 Å². The Hall–Kier alpha value is -2.38. The number of unbranched alkanes of at least 4 members (excludes halogenated alkanes) is 1. The van der Waals surface area contributed by atoms with E-state index in [0.29, 0.717) is 31.0 Å². The van der Waals surface area contributed by atoms with Gasteiger partial charge in [-0.3, -0.25) is 4.79 Å². The van der Waals surface area contributed by atoms with Gasteiger partial charge in [0.1, 0.15) is 11.5 Å². The van der Waals surface area contributed by atoms with Gasteiger partial charge in [-0.2, -0.15) is 0 Å². The minimum atomic E-state index is -1.30. The van der Waals surface area contributed by atoms with Crippen molar-refractivity contribution >= 4 is 5.97 Å². The Kier molecular flexibility index (Phi) is 4.56. The van der Waals surface area contributed by atoms with Gasteiger partial charge in [-0.25, -0.2) is 17.9 Å². The number of aliphatic carboxylic acids is 1. The molecule has 2 aromatic rings. The van der Waals surface area contributed by atoms with Gasteiger partial charge in [-0.05, 0) is 19.3 Å². The van der Waals surface area contributed by atoms with Crippen LogP contribution in [-0.2, 0) is 11.2 Å². The SMILES string of the molecule is O=C(O)CCCCc1cn(-c2cc(F)cc(F)c2F)nn1. The van der Waals surface area contributed by atoms with Crippen molar-refractivity contribution in [1.82, 2.24) is 15.0 Å². The zero-order valence-corrected chi connectivity index (χ0v) is 10.9. The zero-order chi connectivity index (χ0) is 15.4. The number of aromatic nitrogens is 3. The summed E-state index contributed by atoms with van der Waals surface area (Å²) in [5.41, 5.74) is 0.126. The molecular formula is C13H12F3N3O2. The highest BCUT2D eigenvalue weighted by atomic mass is 19.2. The Balaban J connectivity index is 2.08. The fourth-order valence-corrected chi connectivity index (χ4v) is 1.82. The first kappa shape index (κ1) is 15.0. The van der Waals surface area contributed by atoms with Gasteiger partial charge >= 0.3 is 5.97 Å². The van der Waals surface area contributed by atoms with Gasteiger partial charge in [-0.15, -0.1) is 5.10 Å². The number of hydrogen-bond acceptors (Lipinski definition) is 3. The molecule has 1 aromatic heterocycles. The molecule has 0 aliphatic heterocycles. The molecule has 0 atom stereocenters. The van der Waals surface area contributed by atoms with Crippen LogP contribution in [0.25, 0.3) is 5.69 Å². The van der Waals surface area contributed by atoms with Crippen molar-refractivity contribution in [1.29, 1.82) is 0 Å². The largest absolute Gasteiger partial charge is 0.481 e. The first-order chi connectivity index (χ1) is 9.97. The van der Waals surface area contributed by atoms with E-state index in [9.17, 15) is 18.0 Å². The number of benzene rings is 1. The highest BCUT2D eigenvalue weighted by Gasteiger charge is 2.14. The van der Waals surface area contributed by atoms with Crippen LogP contribution in [-0.4, -0.2) is 26.1 Å². The molecule has 0 aliphatic carbocycles. The fraction of sp³-hybridized carbons (Fsp3) is 0.308. The number of rotatable bonds is 6. The van der Waals surface area contributed by atoms with Gasteiger partial charge in [0.25, 0.3) is 0 Å². The van der Waals surface area contributed by atoms with E-state index in [1.54, 1.807) is 0 Å². The number of carbonyl (C=O) groups is 1. The maximum Gasteiger partial charge on any atom is 0.303 e. The van der Waals surface area contributed by atoms with Crippen LogP contribution in [0, 0.1) is 17.5 Å². The molecule has 21 heavy (non-hydrogen) atoms. The van der Waals surface area contributed by atoms with Crippen LogP contribution >= 0.6 is 0 Å². The number of carboxylic acid groups (broad SMARTS) is 1. The molecular weight excluding hydrogens is 287 g/mol. The highest BCUT2D eigenvalue weighted by molar-refractivity contribution is 5.66. The van der Waals surface area contributed by atoms with Crippen molar-refractivity contribution in [3.63, 3.8) is 0 Å². The average molecular weight is 299 g/mol. The number of halogens is 3. The second-order valence-corrected chi connectivity index (χ2v) is 4.48. The molecule has 112 valence electrons. The summed E-state index contributed by atoms with van der Waals surface area (Å²) < 4.78 is 40.8. The summed E-state index contributed by atoms with van der Waals surface area (Å²) in [6.45, 7) is 0. The van der Waals surface area contributed by atoms with Crippen LogP contribution < -0.4 is 0 Å². The van der Waals surface area contributed by atoms with Crippen LogP contribution in [0.2, 0.25) is 0 Å². The third-order valence-corrected chi connectivity index (χ3v) is 2.83. The predicted molar refractivity (Wildman–Crippen MR) is 66.4 cm³/mol. The standard InChI is InChI=1S/C13H12F3N3O2/c14-8-5-10(15)13(16)11(6-8)19-7-9(17-18-19)3-1-2-4-12(20)21/h5-7H,1-4H2,(H,20,21). The third-order valence-electron chi connectivity index (χ3n) is 2.83. The van der Waals surface area contributed by atoms with E-state index < -0.39 is 23.4 Å². The lowest BCUT2D eigenvalue weighted by Gasteiger charge is -2.03. The minimum Gasteiger partial charge on any atom is -0.481 e. The molecule has 0 spiro atoms. The molecule has 0 aliphatic rings. The fourth-order valence-electron chi connectivity index (χ4n) is 1.82. The summed E-state index contributed by atoms with van der Waals surface area (Å²) in [5.74, 6) is -4.30. The maximum atomic E-state index is 13.6. The molecule has 0 unspecified atom stereocenters. The highest BCUT2D eigenvalue weighted by Crippen LogP contribution is 2.18. The van der Waals surface area contributed by atoms with E-state index in [1.807, 2.05) is 0 Å². The van der Waals surface area contributed by atoms with Gasteiger partial charge in [0.05, 0.1) is 11.9 Å². The van der Waals surface area contributed by atoms with Crippen molar-refractivity contribution in [2.24, 2.45) is 0 Å². The average Bonchev–Trinajstić information content (AvgIpc) is 2.87. The van der Waals surface area contributed by atoms with E-state index in [4.69, 9.17) is 5.11 Å². The van der Waals surface area contributed by atoms with E-state index in [2.05, 4.69) is 10.3 Å². The molecule has 0 saturated heterocycles. The monoisotopic (exact) mass is 299 g/mol. The Labute approximate surface area is 118 Å². The Morgan fingerprint density at radius 1 is 1.24 bits per heavy atom. The van der Waals surface area contributed by atoms with E-state index >= 15 is 0 Å².